The van der Waals surface area contributed by atoms with Crippen LogP contribution in [0.15, 0.2) is 121 Å². The summed E-state index contributed by atoms with van der Waals surface area (Å²) >= 11 is 0. The van der Waals surface area contributed by atoms with Crippen molar-refractivity contribution in [2.24, 2.45) is 0 Å². The minimum absolute atomic E-state index is 0.00924. The number of carbonyl (C=O) groups excluding carboxylic acids is 6. The summed E-state index contributed by atoms with van der Waals surface area (Å²) in [5.41, 5.74) is 1.84. The van der Waals surface area contributed by atoms with E-state index in [-0.39, 0.29) is 52.3 Å². The molecule has 0 spiro atoms. The molecule has 4 atom stereocenters. The van der Waals surface area contributed by atoms with E-state index in [9.17, 15) is 33.3 Å². The van der Waals surface area contributed by atoms with Crippen molar-refractivity contribution in [1.82, 2.24) is 15.7 Å². The largest absolute Gasteiger partial charge is 0.461 e. The lowest BCUT2D eigenvalue weighted by Gasteiger charge is -2.26. The quantitative estimate of drug-likeness (QED) is 0.0214. The summed E-state index contributed by atoms with van der Waals surface area (Å²) in [6.07, 6.45) is -1.13. The Hall–Kier alpha value is -6.39. The van der Waals surface area contributed by atoms with Crippen molar-refractivity contribution in [3.05, 3.63) is 144 Å². The predicted molar refractivity (Wildman–Crippen MR) is 250 cm³/mol. The van der Waals surface area contributed by atoms with Crippen LogP contribution < -0.4 is 15.7 Å². The van der Waals surface area contributed by atoms with Crippen LogP contribution in [-0.4, -0.2) is 72.8 Å². The number of esters is 4. The van der Waals surface area contributed by atoms with Crippen LogP contribution in [-0.2, 0) is 87.7 Å². The molecule has 4 rings (SSSR count). The minimum Gasteiger partial charge on any atom is -0.461 e. The molecular weight excluding hydrogens is 898 g/mol. The van der Waals surface area contributed by atoms with E-state index in [1.54, 1.807) is 136 Å². The molecule has 0 aliphatic heterocycles. The summed E-state index contributed by atoms with van der Waals surface area (Å²) in [6, 6.07) is 31.0. The number of hydrogen-bond acceptors (Lipinski definition) is 14. The van der Waals surface area contributed by atoms with Crippen molar-refractivity contribution < 1.29 is 66.1 Å². The lowest BCUT2D eigenvalue weighted by Crippen LogP contribution is -2.47. The fourth-order valence-corrected chi connectivity index (χ4v) is 7.56. The molecule has 2 amide bonds. The van der Waals surface area contributed by atoms with Gasteiger partial charge in [0.1, 0.15) is 44.1 Å². The Kier molecular flexibility index (Phi) is 22.9. The lowest BCUT2D eigenvalue weighted by atomic mass is 10.1. The van der Waals surface area contributed by atoms with E-state index in [1.165, 1.54) is 0 Å². The third-order valence-corrected chi connectivity index (χ3v) is 11.2. The van der Waals surface area contributed by atoms with Gasteiger partial charge in [-0.1, -0.05) is 135 Å². The number of nitrogens with one attached hydrogen (secondary N) is 3. The van der Waals surface area contributed by atoms with E-state index in [0.717, 1.165) is 5.56 Å². The first-order valence-corrected chi connectivity index (χ1v) is 23.9. The smallest absolute Gasteiger partial charge is 0.408 e. The van der Waals surface area contributed by atoms with Gasteiger partial charge in [-0.15, -0.1) is 0 Å². The molecule has 366 valence electrons. The maximum absolute atomic E-state index is 14.6. The Morgan fingerprint density at radius 2 is 0.971 bits per heavy atom. The van der Waals surface area contributed by atoms with Crippen LogP contribution in [0.3, 0.4) is 0 Å². The van der Waals surface area contributed by atoms with Crippen molar-refractivity contribution in [2.75, 3.05) is 13.2 Å². The van der Waals surface area contributed by atoms with E-state index in [1.807, 2.05) is 13.0 Å². The number of alkyl carbamates (subject to hydrolysis) is 1. The van der Waals surface area contributed by atoms with Crippen molar-refractivity contribution in [3.63, 3.8) is 0 Å². The first-order valence-electron chi connectivity index (χ1n) is 22.4. The molecule has 17 nitrogen and oxygen atoms in total. The maximum Gasteiger partial charge on any atom is 0.408 e. The van der Waals surface area contributed by atoms with E-state index < -0.39 is 80.4 Å². The monoisotopic (exact) mass is 959 g/mol. The average molecular weight is 960 g/mol. The van der Waals surface area contributed by atoms with Crippen LogP contribution in [0, 0.1) is 0 Å². The van der Waals surface area contributed by atoms with E-state index in [0.29, 0.717) is 29.5 Å². The molecule has 68 heavy (non-hydrogen) atoms. The Bertz CT molecular complexity index is 2230. The highest BCUT2D eigenvalue weighted by Gasteiger charge is 2.36. The molecule has 4 aromatic carbocycles. The fraction of sp³-hybridized carbons (Fsp3) is 0.400. The molecule has 18 heteroatoms. The maximum atomic E-state index is 14.6. The molecule has 0 saturated heterocycles. The molecule has 4 aromatic rings. The third kappa shape index (κ3) is 21.5. The van der Waals surface area contributed by atoms with Gasteiger partial charge in [0.2, 0.25) is 5.91 Å². The average Bonchev–Trinajstić information content (AvgIpc) is 3.33. The second kappa shape index (κ2) is 28.7. The minimum atomic E-state index is -4.59. The molecule has 0 aliphatic carbocycles. The molecule has 0 bridgehead atoms. The van der Waals surface area contributed by atoms with Gasteiger partial charge in [0, 0.05) is 12.8 Å². The van der Waals surface area contributed by atoms with Crippen molar-refractivity contribution in [3.8, 4) is 0 Å². The number of rotatable bonds is 28. The van der Waals surface area contributed by atoms with Gasteiger partial charge < -0.3 is 34.3 Å². The van der Waals surface area contributed by atoms with Crippen LogP contribution in [0.1, 0.15) is 88.5 Å². The van der Waals surface area contributed by atoms with E-state index in [4.69, 9.17) is 32.7 Å². The lowest BCUT2D eigenvalue weighted by molar-refractivity contribution is -0.151. The number of ether oxygens (including phenoxy) is 5. The SMILES string of the molecule is CCCCOP(=O)(N[C@@H](CCC(=O)OCc1ccccc1)C(=O)OCc1ccccc1)OC[C@H](NC(=O)CC[C@H](NC(=O)OC(C)(C)C)C(=O)OCc1ccccc1)C(=O)OCc1ccccc1. The first-order chi connectivity index (χ1) is 32.6. The summed E-state index contributed by atoms with van der Waals surface area (Å²) in [5.74, 6) is -4.12. The third-order valence-electron chi connectivity index (χ3n) is 9.58. The Balaban J connectivity index is 1.53. The van der Waals surface area contributed by atoms with Crippen LogP contribution in [0.2, 0.25) is 0 Å². The molecule has 1 unspecified atom stereocenters. The van der Waals surface area contributed by atoms with Crippen molar-refractivity contribution in [1.29, 1.82) is 0 Å². The Morgan fingerprint density at radius 1 is 0.544 bits per heavy atom. The van der Waals surface area contributed by atoms with Gasteiger partial charge in [-0.05, 0) is 62.3 Å². The molecule has 0 aliphatic rings. The Labute approximate surface area is 397 Å². The van der Waals surface area contributed by atoms with Crippen LogP contribution in [0.25, 0.3) is 0 Å². The van der Waals surface area contributed by atoms with Gasteiger partial charge >= 0.3 is 37.7 Å². The van der Waals surface area contributed by atoms with Gasteiger partial charge in [0.05, 0.1) is 13.2 Å². The zero-order chi connectivity index (χ0) is 49.2. The molecule has 3 N–H and O–H groups in total. The van der Waals surface area contributed by atoms with Crippen molar-refractivity contribution in [2.45, 2.75) is 116 Å². The zero-order valence-electron chi connectivity index (χ0n) is 38.9. The van der Waals surface area contributed by atoms with E-state index >= 15 is 0 Å². The summed E-state index contributed by atoms with van der Waals surface area (Å²) in [7, 11) is -4.59. The van der Waals surface area contributed by atoms with E-state index in [2.05, 4.69) is 15.7 Å². The predicted octanol–water partition coefficient (Wildman–Crippen LogP) is 7.80. The van der Waals surface area contributed by atoms with Crippen LogP contribution in [0.4, 0.5) is 4.79 Å². The highest BCUT2D eigenvalue weighted by Crippen LogP contribution is 2.45. The second-order valence-corrected chi connectivity index (χ2v) is 18.3. The molecule has 0 fully saturated rings. The number of amides is 2. The molecule has 0 radical (unpaired) electrons. The summed E-state index contributed by atoms with van der Waals surface area (Å²) in [4.78, 5) is 80.0. The van der Waals surface area contributed by atoms with Crippen LogP contribution >= 0.6 is 7.75 Å². The number of carbonyl (C=O) groups is 6. The number of benzene rings is 4. The van der Waals surface area contributed by atoms with Gasteiger partial charge in [0.15, 0.2) is 6.04 Å². The summed E-state index contributed by atoms with van der Waals surface area (Å²) in [6.45, 7) is 5.46. The molecule has 0 aromatic heterocycles. The Morgan fingerprint density at radius 3 is 1.43 bits per heavy atom. The normalized spacial score (nSPS) is 13.4. The second-order valence-electron chi connectivity index (χ2n) is 16.5. The van der Waals surface area contributed by atoms with Gasteiger partial charge in [0.25, 0.3) is 0 Å². The zero-order valence-corrected chi connectivity index (χ0v) is 39.8. The van der Waals surface area contributed by atoms with Crippen LogP contribution in [0.5, 0.6) is 0 Å². The van der Waals surface area contributed by atoms with Gasteiger partial charge in [-0.2, -0.15) is 0 Å². The molecular formula is C50H62N3O14P. The molecule has 0 heterocycles. The van der Waals surface area contributed by atoms with Gasteiger partial charge in [-0.25, -0.2) is 24.0 Å². The van der Waals surface area contributed by atoms with Gasteiger partial charge in [-0.3, -0.25) is 23.4 Å². The number of hydrogen-bond donors (Lipinski definition) is 3. The standard InChI is InChI=1S/C50H62N3O14P/c1-5-6-31-65-68(60,53-42(47(57)63-34-39-23-15-9-16-24-39)28-30-45(55)61-32-37-19-11-7-12-20-37)66-36-43(48(58)64-35-40-25-17-10-18-26-40)51-44(54)29-27-41(52-49(59)67-50(2,3)4)46(56)62-33-38-21-13-8-14-22-38/h7-26,41-43H,5-6,27-36H2,1-4H3,(H,51,54)(H,52,59)(H,53,60)/t41-,42-,43-,68?/m0/s1. The first kappa shape index (κ1) is 54.2. The number of unbranched alkanes of at least 4 members (excludes halogenated alkanes) is 1. The molecule has 0 saturated carbocycles. The topological polar surface area (TPSA) is 220 Å². The summed E-state index contributed by atoms with van der Waals surface area (Å²) in [5, 5.41) is 7.62. The highest BCUT2D eigenvalue weighted by atomic mass is 31.2. The fourth-order valence-electron chi connectivity index (χ4n) is 6.01. The summed E-state index contributed by atoms with van der Waals surface area (Å²) < 4.78 is 53.6. The highest BCUT2D eigenvalue weighted by molar-refractivity contribution is 7.51. The van der Waals surface area contributed by atoms with Crippen molar-refractivity contribution >= 4 is 43.6 Å².